The molecule has 0 saturated carbocycles. The van der Waals surface area contributed by atoms with E-state index >= 15 is 0 Å². The van der Waals surface area contributed by atoms with Crippen molar-refractivity contribution >= 4 is 11.6 Å². The largest absolute Gasteiger partial charge is 0.223 e. The molecule has 1 aromatic heterocycles. The van der Waals surface area contributed by atoms with E-state index in [1.54, 1.807) is 0 Å². The molecular formula is C10H15ClN2. The zero-order valence-corrected chi connectivity index (χ0v) is 9.31. The molecule has 1 heterocycles. The molecule has 1 rings (SSSR count). The second kappa shape index (κ2) is 4.05. The minimum absolute atomic E-state index is 0.350. The Morgan fingerprint density at radius 2 is 1.62 bits per heavy atom. The molecule has 0 bridgehead atoms. The zero-order valence-electron chi connectivity index (χ0n) is 8.56. The molecule has 0 aliphatic rings. The number of rotatable bonds is 2. The minimum atomic E-state index is 0.350. The van der Waals surface area contributed by atoms with Crippen LogP contribution in [0.3, 0.4) is 0 Å². The van der Waals surface area contributed by atoms with Crippen molar-refractivity contribution in [3.05, 3.63) is 22.2 Å². The van der Waals surface area contributed by atoms with Gasteiger partial charge in [-0.05, 0) is 43.4 Å². The van der Waals surface area contributed by atoms with Gasteiger partial charge in [-0.2, -0.15) is 0 Å². The van der Waals surface area contributed by atoms with Crippen molar-refractivity contribution in [2.45, 2.75) is 34.1 Å². The molecular weight excluding hydrogens is 184 g/mol. The average molecular weight is 199 g/mol. The topological polar surface area (TPSA) is 25.8 Å². The van der Waals surface area contributed by atoms with Gasteiger partial charge in [0.05, 0.1) is 0 Å². The van der Waals surface area contributed by atoms with Gasteiger partial charge in [0.25, 0.3) is 0 Å². The van der Waals surface area contributed by atoms with Crippen LogP contribution in [-0.4, -0.2) is 9.97 Å². The molecule has 0 amide bonds. The standard InChI is InChI=1S/C10H15ClN2/c1-6(2)5-9-7(3)12-10(11)13-8(9)4/h6H,5H2,1-4H3. The lowest BCUT2D eigenvalue weighted by Gasteiger charge is -2.10. The van der Waals surface area contributed by atoms with E-state index < -0.39 is 0 Å². The van der Waals surface area contributed by atoms with Gasteiger partial charge < -0.3 is 0 Å². The predicted octanol–water partition coefficient (Wildman–Crippen LogP) is 2.95. The first-order valence-electron chi connectivity index (χ1n) is 4.50. The van der Waals surface area contributed by atoms with Crippen LogP contribution in [-0.2, 0) is 6.42 Å². The van der Waals surface area contributed by atoms with Gasteiger partial charge in [-0.1, -0.05) is 13.8 Å². The van der Waals surface area contributed by atoms with Gasteiger partial charge in [-0.15, -0.1) is 0 Å². The Kier molecular flexibility index (Phi) is 3.26. The lowest BCUT2D eigenvalue weighted by atomic mass is 10.0. The predicted molar refractivity (Wildman–Crippen MR) is 55.1 cm³/mol. The van der Waals surface area contributed by atoms with Crippen LogP contribution >= 0.6 is 11.6 Å². The maximum Gasteiger partial charge on any atom is 0.222 e. The van der Waals surface area contributed by atoms with Gasteiger partial charge in [-0.3, -0.25) is 0 Å². The van der Waals surface area contributed by atoms with E-state index in [0.29, 0.717) is 11.2 Å². The fourth-order valence-corrected chi connectivity index (χ4v) is 1.66. The van der Waals surface area contributed by atoms with Crippen LogP contribution in [0.1, 0.15) is 30.8 Å². The SMILES string of the molecule is Cc1nc(Cl)nc(C)c1CC(C)C. The fraction of sp³-hybridized carbons (Fsp3) is 0.600. The molecule has 0 fully saturated rings. The van der Waals surface area contributed by atoms with Crippen molar-refractivity contribution in [3.8, 4) is 0 Å². The summed E-state index contributed by atoms with van der Waals surface area (Å²) in [4.78, 5) is 8.28. The van der Waals surface area contributed by atoms with E-state index in [1.165, 1.54) is 5.56 Å². The number of halogens is 1. The summed E-state index contributed by atoms with van der Waals surface area (Å²) in [6, 6.07) is 0. The van der Waals surface area contributed by atoms with Crippen LogP contribution in [0, 0.1) is 19.8 Å². The third kappa shape index (κ3) is 2.66. The molecule has 0 radical (unpaired) electrons. The van der Waals surface area contributed by atoms with E-state index in [1.807, 2.05) is 13.8 Å². The molecule has 0 spiro atoms. The smallest absolute Gasteiger partial charge is 0.222 e. The highest BCUT2D eigenvalue weighted by molar-refractivity contribution is 6.28. The van der Waals surface area contributed by atoms with Crippen molar-refractivity contribution in [2.75, 3.05) is 0 Å². The summed E-state index contributed by atoms with van der Waals surface area (Å²) in [5.41, 5.74) is 3.25. The van der Waals surface area contributed by atoms with Crippen molar-refractivity contribution in [2.24, 2.45) is 5.92 Å². The fourth-order valence-electron chi connectivity index (χ4n) is 1.40. The summed E-state index contributed by atoms with van der Waals surface area (Å²) < 4.78 is 0. The summed E-state index contributed by atoms with van der Waals surface area (Å²) in [5, 5.41) is 0.350. The third-order valence-electron chi connectivity index (χ3n) is 2.01. The number of nitrogens with zero attached hydrogens (tertiary/aromatic N) is 2. The molecule has 0 aliphatic carbocycles. The summed E-state index contributed by atoms with van der Waals surface area (Å²) in [6.45, 7) is 8.34. The Hall–Kier alpha value is -0.630. The van der Waals surface area contributed by atoms with E-state index in [2.05, 4.69) is 23.8 Å². The number of hydrogen-bond acceptors (Lipinski definition) is 2. The van der Waals surface area contributed by atoms with Gasteiger partial charge in [0.15, 0.2) is 0 Å². The lowest BCUT2D eigenvalue weighted by Crippen LogP contribution is -2.04. The molecule has 0 aromatic carbocycles. The van der Waals surface area contributed by atoms with Gasteiger partial charge in [0.1, 0.15) is 0 Å². The maximum atomic E-state index is 5.74. The van der Waals surface area contributed by atoms with Crippen LogP contribution in [0.15, 0.2) is 0 Å². The summed E-state index contributed by atoms with van der Waals surface area (Å²) in [7, 11) is 0. The molecule has 0 unspecified atom stereocenters. The summed E-state index contributed by atoms with van der Waals surface area (Å²) in [6.07, 6.45) is 1.02. The third-order valence-corrected chi connectivity index (χ3v) is 2.17. The van der Waals surface area contributed by atoms with Gasteiger partial charge in [-0.25, -0.2) is 9.97 Å². The van der Waals surface area contributed by atoms with E-state index in [4.69, 9.17) is 11.6 Å². The Labute approximate surface area is 84.4 Å². The monoisotopic (exact) mass is 198 g/mol. The Morgan fingerprint density at radius 1 is 1.15 bits per heavy atom. The Morgan fingerprint density at radius 3 is 2.00 bits per heavy atom. The van der Waals surface area contributed by atoms with Crippen molar-refractivity contribution in [1.82, 2.24) is 9.97 Å². The Balaban J connectivity index is 3.06. The summed E-state index contributed by atoms with van der Waals surface area (Å²) in [5.74, 6) is 0.627. The van der Waals surface area contributed by atoms with Crippen molar-refractivity contribution < 1.29 is 0 Å². The zero-order chi connectivity index (χ0) is 10.0. The maximum absolute atomic E-state index is 5.74. The second-order valence-electron chi connectivity index (χ2n) is 3.74. The Bertz CT molecular complexity index is 285. The van der Waals surface area contributed by atoms with E-state index in [-0.39, 0.29) is 0 Å². The average Bonchev–Trinajstić information content (AvgIpc) is 1.96. The normalized spacial score (nSPS) is 10.9. The summed E-state index contributed by atoms with van der Waals surface area (Å²) >= 11 is 5.74. The van der Waals surface area contributed by atoms with Gasteiger partial charge >= 0.3 is 0 Å². The highest BCUT2D eigenvalue weighted by Gasteiger charge is 2.08. The molecule has 0 atom stereocenters. The number of hydrogen-bond donors (Lipinski definition) is 0. The molecule has 1 aromatic rings. The quantitative estimate of drug-likeness (QED) is 0.683. The second-order valence-corrected chi connectivity index (χ2v) is 4.08. The first-order valence-corrected chi connectivity index (χ1v) is 4.88. The van der Waals surface area contributed by atoms with Crippen LogP contribution in [0.25, 0.3) is 0 Å². The molecule has 72 valence electrons. The van der Waals surface area contributed by atoms with Crippen molar-refractivity contribution in [3.63, 3.8) is 0 Å². The van der Waals surface area contributed by atoms with Gasteiger partial charge in [0.2, 0.25) is 5.28 Å². The van der Waals surface area contributed by atoms with Crippen molar-refractivity contribution in [1.29, 1.82) is 0 Å². The number of aryl methyl sites for hydroxylation is 2. The molecule has 0 aliphatic heterocycles. The lowest BCUT2D eigenvalue weighted by molar-refractivity contribution is 0.636. The minimum Gasteiger partial charge on any atom is -0.223 e. The van der Waals surface area contributed by atoms with Gasteiger partial charge in [0, 0.05) is 11.4 Å². The highest BCUT2D eigenvalue weighted by Crippen LogP contribution is 2.16. The molecule has 0 N–H and O–H groups in total. The van der Waals surface area contributed by atoms with Crippen LogP contribution in [0.4, 0.5) is 0 Å². The molecule has 3 heteroatoms. The van der Waals surface area contributed by atoms with E-state index in [9.17, 15) is 0 Å². The molecule has 13 heavy (non-hydrogen) atoms. The highest BCUT2D eigenvalue weighted by atomic mass is 35.5. The van der Waals surface area contributed by atoms with Crippen LogP contribution < -0.4 is 0 Å². The van der Waals surface area contributed by atoms with Crippen LogP contribution in [0.5, 0.6) is 0 Å². The first-order chi connectivity index (χ1) is 6.00. The number of aromatic nitrogens is 2. The molecule has 0 saturated heterocycles. The molecule has 2 nitrogen and oxygen atoms in total. The van der Waals surface area contributed by atoms with Crippen LogP contribution in [0.2, 0.25) is 5.28 Å². The van der Waals surface area contributed by atoms with E-state index in [0.717, 1.165) is 17.8 Å². The first kappa shape index (κ1) is 10.5.